The Morgan fingerprint density at radius 3 is 2.41 bits per heavy atom. The zero-order valence-corrected chi connectivity index (χ0v) is 19.1. The second kappa shape index (κ2) is 8.90. The topological polar surface area (TPSA) is 94.0 Å². The first-order valence-corrected chi connectivity index (χ1v) is 11.4. The third kappa shape index (κ3) is 3.81. The minimum absolute atomic E-state index is 0.0445. The van der Waals surface area contributed by atoms with Crippen LogP contribution in [0.15, 0.2) is 53.3 Å². The SMILES string of the molecule is CC(C)n1nc(C(=O)N2C[C@@H](C(=O)N3CCOCC3)Oc3ccccc32)c2ccccc2c1=O. The highest BCUT2D eigenvalue weighted by Crippen LogP contribution is 2.35. The molecular formula is C25H26N4O5. The molecule has 9 nitrogen and oxygen atoms in total. The molecule has 5 rings (SSSR count). The Kier molecular flexibility index (Phi) is 5.79. The standard InChI is InChI=1S/C25H26N4O5/c1-16(2)29-23(30)18-8-4-3-7-17(18)22(26-29)25(32)28-15-21(24(31)27-11-13-33-14-12-27)34-20-10-6-5-9-19(20)28/h3-10,16,21H,11-15H2,1-2H3/t21-/m0/s1. The fourth-order valence-electron chi connectivity index (χ4n) is 4.39. The van der Waals surface area contributed by atoms with E-state index in [2.05, 4.69) is 5.10 Å². The van der Waals surface area contributed by atoms with Gasteiger partial charge in [0.25, 0.3) is 17.4 Å². The van der Waals surface area contributed by atoms with E-state index in [9.17, 15) is 14.4 Å². The lowest BCUT2D eigenvalue weighted by Crippen LogP contribution is -2.54. The van der Waals surface area contributed by atoms with Crippen LogP contribution in [0.3, 0.4) is 0 Å². The van der Waals surface area contributed by atoms with Crippen molar-refractivity contribution < 1.29 is 19.1 Å². The molecule has 0 unspecified atom stereocenters. The van der Waals surface area contributed by atoms with E-state index < -0.39 is 6.10 Å². The number of nitrogens with zero attached hydrogens (tertiary/aromatic N) is 4. The lowest BCUT2D eigenvalue weighted by Gasteiger charge is -2.37. The number of hydrogen-bond donors (Lipinski definition) is 0. The fourth-order valence-corrected chi connectivity index (χ4v) is 4.39. The number of anilines is 1. The van der Waals surface area contributed by atoms with Gasteiger partial charge in [0.05, 0.1) is 36.9 Å². The molecule has 3 aromatic rings. The second-order valence-corrected chi connectivity index (χ2v) is 8.67. The van der Waals surface area contributed by atoms with Crippen LogP contribution in [0.2, 0.25) is 0 Å². The Morgan fingerprint density at radius 2 is 1.68 bits per heavy atom. The molecule has 0 spiro atoms. The zero-order chi connectivity index (χ0) is 23.8. The van der Waals surface area contributed by atoms with Crippen molar-refractivity contribution in [2.75, 3.05) is 37.7 Å². The van der Waals surface area contributed by atoms with Crippen LogP contribution in [-0.4, -0.2) is 65.4 Å². The molecule has 34 heavy (non-hydrogen) atoms. The summed E-state index contributed by atoms with van der Waals surface area (Å²) in [4.78, 5) is 43.3. The predicted molar refractivity (Wildman–Crippen MR) is 126 cm³/mol. The molecule has 176 valence electrons. The number of fused-ring (bicyclic) bond motifs is 2. The molecule has 2 amide bonds. The molecule has 2 aliphatic rings. The van der Waals surface area contributed by atoms with Gasteiger partial charge >= 0.3 is 0 Å². The molecule has 9 heteroatoms. The smallest absolute Gasteiger partial charge is 0.279 e. The van der Waals surface area contributed by atoms with Gasteiger partial charge in [0.2, 0.25) is 0 Å². The average Bonchev–Trinajstić information content (AvgIpc) is 2.88. The van der Waals surface area contributed by atoms with Gasteiger partial charge in [-0.05, 0) is 32.0 Å². The Hall–Kier alpha value is -3.72. The monoisotopic (exact) mass is 462 g/mol. The van der Waals surface area contributed by atoms with Crippen molar-refractivity contribution >= 4 is 28.3 Å². The van der Waals surface area contributed by atoms with E-state index >= 15 is 0 Å². The lowest BCUT2D eigenvalue weighted by molar-refractivity contribution is -0.142. The predicted octanol–water partition coefficient (Wildman–Crippen LogP) is 2.24. The van der Waals surface area contributed by atoms with Crippen LogP contribution < -0.4 is 15.2 Å². The number of aromatic nitrogens is 2. The van der Waals surface area contributed by atoms with Gasteiger partial charge in [-0.2, -0.15) is 5.10 Å². The molecular weight excluding hydrogens is 436 g/mol. The third-order valence-corrected chi connectivity index (χ3v) is 6.14. The minimum Gasteiger partial charge on any atom is -0.476 e. The van der Waals surface area contributed by atoms with E-state index in [0.29, 0.717) is 48.5 Å². The molecule has 3 heterocycles. The molecule has 2 aromatic carbocycles. The van der Waals surface area contributed by atoms with E-state index in [1.165, 1.54) is 9.58 Å². The largest absolute Gasteiger partial charge is 0.476 e. The number of hydrogen-bond acceptors (Lipinski definition) is 6. The van der Waals surface area contributed by atoms with Crippen LogP contribution in [0.4, 0.5) is 5.69 Å². The first-order valence-electron chi connectivity index (χ1n) is 11.4. The first-order chi connectivity index (χ1) is 16.5. The number of carbonyl (C=O) groups excluding carboxylic acids is 2. The minimum atomic E-state index is -0.848. The van der Waals surface area contributed by atoms with Crippen LogP contribution in [0, 0.1) is 0 Å². The fraction of sp³-hybridized carbons (Fsp3) is 0.360. The summed E-state index contributed by atoms with van der Waals surface area (Å²) in [6.45, 7) is 5.66. The number of amides is 2. The highest BCUT2D eigenvalue weighted by molar-refractivity contribution is 6.13. The van der Waals surface area contributed by atoms with E-state index in [4.69, 9.17) is 9.47 Å². The number of morpholine rings is 1. The van der Waals surface area contributed by atoms with Crippen molar-refractivity contribution in [3.63, 3.8) is 0 Å². The normalized spacial score (nSPS) is 18.0. The number of ether oxygens (including phenoxy) is 2. The summed E-state index contributed by atoms with van der Waals surface area (Å²) in [6, 6.07) is 13.9. The maximum Gasteiger partial charge on any atom is 0.279 e. The maximum atomic E-state index is 14.0. The number of rotatable bonds is 3. The Labute approximate surface area is 196 Å². The highest BCUT2D eigenvalue weighted by atomic mass is 16.5. The van der Waals surface area contributed by atoms with Gasteiger partial charge in [0, 0.05) is 18.5 Å². The van der Waals surface area contributed by atoms with Crippen LogP contribution >= 0.6 is 0 Å². The van der Waals surface area contributed by atoms with Gasteiger partial charge in [-0.25, -0.2) is 4.68 Å². The maximum absolute atomic E-state index is 14.0. The number of carbonyl (C=O) groups is 2. The molecule has 1 fully saturated rings. The molecule has 0 radical (unpaired) electrons. The van der Waals surface area contributed by atoms with Crippen molar-refractivity contribution in [1.82, 2.24) is 14.7 Å². The van der Waals surface area contributed by atoms with Crippen molar-refractivity contribution in [1.29, 1.82) is 0 Å². The quantitative estimate of drug-likeness (QED) is 0.593. The Morgan fingerprint density at radius 1 is 1.00 bits per heavy atom. The summed E-state index contributed by atoms with van der Waals surface area (Å²) in [5.74, 6) is -0.114. The van der Waals surface area contributed by atoms with Crippen molar-refractivity contribution in [3.8, 4) is 5.75 Å². The molecule has 0 bridgehead atoms. The Balaban J connectivity index is 1.58. The molecule has 2 aliphatic heterocycles. The third-order valence-electron chi connectivity index (χ3n) is 6.14. The van der Waals surface area contributed by atoms with Crippen molar-refractivity contribution in [3.05, 3.63) is 64.6 Å². The Bertz CT molecular complexity index is 1310. The van der Waals surface area contributed by atoms with Crippen LogP contribution in [0.1, 0.15) is 30.4 Å². The molecule has 0 N–H and O–H groups in total. The van der Waals surface area contributed by atoms with Gasteiger partial charge in [-0.1, -0.05) is 30.3 Å². The molecule has 0 aliphatic carbocycles. The van der Waals surface area contributed by atoms with Crippen molar-refractivity contribution in [2.24, 2.45) is 0 Å². The van der Waals surface area contributed by atoms with E-state index in [1.54, 1.807) is 47.4 Å². The molecule has 0 saturated carbocycles. The van der Waals surface area contributed by atoms with Crippen LogP contribution in [0.5, 0.6) is 5.75 Å². The molecule has 1 atom stereocenters. The van der Waals surface area contributed by atoms with Crippen LogP contribution in [-0.2, 0) is 9.53 Å². The summed E-state index contributed by atoms with van der Waals surface area (Å²) in [5, 5.41) is 5.38. The van der Waals surface area contributed by atoms with E-state index in [-0.39, 0.29) is 35.7 Å². The van der Waals surface area contributed by atoms with Gasteiger partial charge < -0.3 is 14.4 Å². The summed E-state index contributed by atoms with van der Waals surface area (Å²) >= 11 is 0. The summed E-state index contributed by atoms with van der Waals surface area (Å²) in [5.41, 5.74) is 0.481. The first kappa shape index (κ1) is 22.1. The summed E-state index contributed by atoms with van der Waals surface area (Å²) < 4.78 is 12.7. The zero-order valence-electron chi connectivity index (χ0n) is 19.1. The highest BCUT2D eigenvalue weighted by Gasteiger charge is 2.37. The average molecular weight is 463 g/mol. The van der Waals surface area contributed by atoms with E-state index in [0.717, 1.165) is 0 Å². The van der Waals surface area contributed by atoms with Gasteiger partial charge in [-0.15, -0.1) is 0 Å². The number of benzene rings is 2. The lowest BCUT2D eigenvalue weighted by atomic mass is 10.1. The van der Waals surface area contributed by atoms with Crippen LogP contribution in [0.25, 0.3) is 10.8 Å². The van der Waals surface area contributed by atoms with E-state index in [1.807, 2.05) is 19.9 Å². The molecule has 1 saturated heterocycles. The summed E-state index contributed by atoms with van der Waals surface area (Å²) in [6.07, 6.45) is -0.848. The van der Waals surface area contributed by atoms with Gasteiger partial charge in [-0.3, -0.25) is 19.3 Å². The number of para-hydroxylation sites is 2. The second-order valence-electron chi connectivity index (χ2n) is 8.67. The van der Waals surface area contributed by atoms with Gasteiger partial charge in [0.15, 0.2) is 11.8 Å². The summed E-state index contributed by atoms with van der Waals surface area (Å²) in [7, 11) is 0. The molecule has 1 aromatic heterocycles. The van der Waals surface area contributed by atoms with Crippen molar-refractivity contribution in [2.45, 2.75) is 26.0 Å². The van der Waals surface area contributed by atoms with Gasteiger partial charge in [0.1, 0.15) is 5.75 Å².